The van der Waals surface area contributed by atoms with Crippen molar-refractivity contribution in [2.75, 3.05) is 6.61 Å². The number of hydrogen-bond donors (Lipinski definition) is 3. The predicted molar refractivity (Wildman–Crippen MR) is 89.0 cm³/mol. The van der Waals surface area contributed by atoms with Gasteiger partial charge < -0.3 is 37.4 Å². The van der Waals surface area contributed by atoms with Crippen molar-refractivity contribution in [1.82, 2.24) is 9.97 Å². The lowest BCUT2D eigenvalue weighted by Crippen LogP contribution is -3.00. The number of nitrogens with zero attached hydrogens (tertiary/aromatic N) is 2. The third-order valence-electron chi connectivity index (χ3n) is 3.64. The summed E-state index contributed by atoms with van der Waals surface area (Å²) in [5.41, 5.74) is -0.0189. The second-order valence-electron chi connectivity index (χ2n) is 8.29. The highest BCUT2D eigenvalue weighted by atomic mass is 35.5. The summed E-state index contributed by atoms with van der Waals surface area (Å²) in [4.78, 5) is 8.74. The molecule has 1 aromatic rings. The van der Waals surface area contributed by atoms with E-state index in [4.69, 9.17) is 9.47 Å². The fourth-order valence-corrected chi connectivity index (χ4v) is 2.66. The monoisotopic (exact) mass is 375 g/mol. The molecule has 0 radical (unpaired) electrons. The van der Waals surface area contributed by atoms with Gasteiger partial charge in [0.2, 0.25) is 5.88 Å². The quantitative estimate of drug-likeness (QED) is 0.541. The molecule has 1 fully saturated rings. The average molecular weight is 376 g/mol. The van der Waals surface area contributed by atoms with E-state index in [1.54, 1.807) is 6.20 Å². The van der Waals surface area contributed by atoms with Gasteiger partial charge in [0.05, 0.1) is 12.2 Å². The van der Waals surface area contributed by atoms with E-state index < -0.39 is 17.3 Å². The molecule has 0 spiro atoms. The van der Waals surface area contributed by atoms with Crippen LogP contribution in [0.25, 0.3) is 0 Å². The number of aliphatic hydroxyl groups excluding tert-OH is 2. The normalized spacial score (nSPS) is 23.9. The molecule has 25 heavy (non-hydrogen) atoms. The topological polar surface area (TPSA) is 101 Å². The van der Waals surface area contributed by atoms with Crippen LogP contribution < -0.4 is 27.2 Å². The first kappa shape index (κ1) is 21.9. The van der Waals surface area contributed by atoms with Crippen LogP contribution >= 0.6 is 0 Å². The summed E-state index contributed by atoms with van der Waals surface area (Å²) in [5, 5.41) is 21.4. The van der Waals surface area contributed by atoms with Crippen molar-refractivity contribution < 1.29 is 37.4 Å². The Morgan fingerprint density at radius 3 is 2.24 bits per heavy atom. The van der Waals surface area contributed by atoms with E-state index in [1.165, 1.54) is 0 Å². The van der Waals surface area contributed by atoms with Gasteiger partial charge in [-0.25, -0.2) is 4.98 Å². The molecule has 1 unspecified atom stereocenters. The molecule has 1 aromatic heterocycles. The average Bonchev–Trinajstić information content (AvgIpc) is 2.76. The minimum Gasteiger partial charge on any atom is -1.00 e. The zero-order chi connectivity index (χ0) is 18.1. The van der Waals surface area contributed by atoms with Crippen molar-refractivity contribution in [3.63, 3.8) is 0 Å². The summed E-state index contributed by atoms with van der Waals surface area (Å²) >= 11 is 0. The Morgan fingerprint density at radius 1 is 1.16 bits per heavy atom. The molecule has 1 aliphatic rings. The van der Waals surface area contributed by atoms with E-state index in [0.29, 0.717) is 12.3 Å². The third-order valence-corrected chi connectivity index (χ3v) is 3.64. The Kier molecular flexibility index (Phi) is 7.03. The van der Waals surface area contributed by atoms with Crippen molar-refractivity contribution >= 4 is 0 Å². The van der Waals surface area contributed by atoms with E-state index in [0.717, 1.165) is 5.56 Å². The third kappa shape index (κ3) is 6.26. The molecule has 2 heterocycles. The van der Waals surface area contributed by atoms with E-state index in [-0.39, 0.29) is 37.1 Å². The van der Waals surface area contributed by atoms with Gasteiger partial charge in [0, 0.05) is 12.6 Å². The van der Waals surface area contributed by atoms with Crippen LogP contribution in [-0.2, 0) is 0 Å². The van der Waals surface area contributed by atoms with E-state index in [1.807, 2.05) is 46.9 Å². The second kappa shape index (κ2) is 8.03. The van der Waals surface area contributed by atoms with Crippen LogP contribution in [0.4, 0.5) is 0 Å². The molecule has 0 bridgehead atoms. The zero-order valence-corrected chi connectivity index (χ0v) is 16.5. The van der Waals surface area contributed by atoms with Crippen LogP contribution in [0.3, 0.4) is 0 Å². The smallest absolute Gasteiger partial charge is 0.320 e. The molecule has 144 valence electrons. The van der Waals surface area contributed by atoms with Crippen molar-refractivity contribution in [1.29, 1.82) is 0 Å². The number of aromatic nitrogens is 2. The first-order valence-corrected chi connectivity index (χ1v) is 8.37. The molecule has 7 nitrogen and oxygen atoms in total. The van der Waals surface area contributed by atoms with Gasteiger partial charge in [-0.1, -0.05) is 0 Å². The van der Waals surface area contributed by atoms with Gasteiger partial charge in [0.25, 0.3) is 0 Å². The van der Waals surface area contributed by atoms with Crippen LogP contribution in [0.2, 0.25) is 0 Å². The Labute approximate surface area is 155 Å². The lowest BCUT2D eigenvalue weighted by atomic mass is 10.1. The molecular weight excluding hydrogens is 346 g/mol. The van der Waals surface area contributed by atoms with Gasteiger partial charge in [0.15, 0.2) is 0 Å². The highest BCUT2D eigenvalue weighted by Gasteiger charge is 2.39. The van der Waals surface area contributed by atoms with Crippen LogP contribution in [-0.4, -0.2) is 50.1 Å². The lowest BCUT2D eigenvalue weighted by molar-refractivity contribution is -0.711. The molecule has 0 amide bonds. The number of nitrogens with two attached hydrogens (primary N) is 1. The summed E-state index contributed by atoms with van der Waals surface area (Å²) in [7, 11) is 0. The second-order valence-corrected chi connectivity index (χ2v) is 8.29. The minimum atomic E-state index is -0.562. The summed E-state index contributed by atoms with van der Waals surface area (Å²) in [6, 6.07) is -0.0241. The summed E-state index contributed by atoms with van der Waals surface area (Å²) in [6.45, 7) is 11.6. The zero-order valence-electron chi connectivity index (χ0n) is 15.8. The van der Waals surface area contributed by atoms with Crippen LogP contribution in [0.1, 0.15) is 59.6 Å². The molecule has 1 aliphatic heterocycles. The summed E-state index contributed by atoms with van der Waals surface area (Å²) in [5.74, 6) is 0.462. The standard InChI is InChI=1S/C17H29N3O4.ClH/c1-16(2,3)23-14-10(11-7-13(22)12(9-21)19-11)8-18-15(20-14)24-17(4,5)6;/h8,11-13,19,21-22H,7,9H2,1-6H3;1H/t11?,12-,13-;/m0./s1. The first-order valence-electron chi connectivity index (χ1n) is 8.37. The van der Waals surface area contributed by atoms with E-state index in [2.05, 4.69) is 9.97 Å². The fourth-order valence-electron chi connectivity index (χ4n) is 2.66. The van der Waals surface area contributed by atoms with Crippen molar-refractivity contribution in [3.8, 4) is 11.9 Å². The van der Waals surface area contributed by atoms with Crippen molar-refractivity contribution in [2.45, 2.75) is 77.4 Å². The van der Waals surface area contributed by atoms with Crippen LogP contribution in [0, 0.1) is 0 Å². The molecule has 0 aromatic carbocycles. The molecule has 2 rings (SSSR count). The van der Waals surface area contributed by atoms with Crippen LogP contribution in [0.5, 0.6) is 11.9 Å². The van der Waals surface area contributed by atoms with Crippen LogP contribution in [0.15, 0.2) is 6.20 Å². The minimum absolute atomic E-state index is 0. The maximum absolute atomic E-state index is 10.1. The van der Waals surface area contributed by atoms with Gasteiger partial charge in [-0.05, 0) is 41.5 Å². The maximum atomic E-state index is 10.1. The highest BCUT2D eigenvalue weighted by Crippen LogP contribution is 2.31. The van der Waals surface area contributed by atoms with E-state index >= 15 is 0 Å². The lowest BCUT2D eigenvalue weighted by Gasteiger charge is -2.25. The van der Waals surface area contributed by atoms with Gasteiger partial charge in [-0.3, -0.25) is 0 Å². The molecule has 4 N–H and O–H groups in total. The molecule has 1 saturated heterocycles. The predicted octanol–water partition coefficient (Wildman–Crippen LogP) is -2.43. The molecular formula is C17H30ClN3O4. The summed E-state index contributed by atoms with van der Waals surface area (Å²) in [6.07, 6.45) is 1.66. The number of quaternary nitrogens is 1. The number of hydrogen-bond acceptors (Lipinski definition) is 6. The number of halogens is 1. The Morgan fingerprint density at radius 2 is 1.76 bits per heavy atom. The molecule has 8 heteroatoms. The molecule has 0 aliphatic carbocycles. The Balaban J connectivity index is 0.00000312. The molecule has 3 atom stereocenters. The summed E-state index contributed by atoms with van der Waals surface area (Å²) < 4.78 is 11.7. The van der Waals surface area contributed by atoms with Gasteiger partial charge in [-0.15, -0.1) is 0 Å². The van der Waals surface area contributed by atoms with Gasteiger partial charge in [0.1, 0.15) is 29.4 Å². The number of aliphatic hydroxyl groups is 2. The SMILES string of the molecule is CC(C)(C)Oc1ncc(C2C[C@H](O)[C@H](CO)[NH2+]2)c(OC(C)(C)C)n1.[Cl-]. The highest BCUT2D eigenvalue weighted by molar-refractivity contribution is 5.28. The van der Waals surface area contributed by atoms with Gasteiger partial charge in [-0.2, -0.15) is 4.98 Å². The Hall–Kier alpha value is -1.15. The largest absolute Gasteiger partial charge is 1.00 e. The Bertz CT molecular complexity index is 572. The molecule has 0 saturated carbocycles. The number of rotatable bonds is 4. The fraction of sp³-hybridized carbons (Fsp3) is 0.765. The van der Waals surface area contributed by atoms with Crippen molar-refractivity contribution in [2.24, 2.45) is 0 Å². The number of ether oxygens (including phenoxy) is 2. The van der Waals surface area contributed by atoms with E-state index in [9.17, 15) is 10.2 Å². The first-order chi connectivity index (χ1) is 11.0. The maximum Gasteiger partial charge on any atom is 0.320 e. The van der Waals surface area contributed by atoms with Gasteiger partial charge >= 0.3 is 6.01 Å². The van der Waals surface area contributed by atoms with Crippen molar-refractivity contribution in [3.05, 3.63) is 11.8 Å².